The average Bonchev–Trinajstić information content (AvgIpc) is 3.70. The van der Waals surface area contributed by atoms with Crippen LogP contribution in [0.1, 0.15) is 51.5 Å². The summed E-state index contributed by atoms with van der Waals surface area (Å²) in [4.78, 5) is 39.1. The zero-order chi connectivity index (χ0) is 29.4. The standard InChI is InChI=1S/C30H28N10O2/c1-18(36-29(41)26-27(31)37-40-12-5-11-33-28(26)40)24-14-21-7-4-6-20(8-9-22-15-35-38(3)19(22)2)25(21)30(42)39(24)13-10-23-16-32-17-34-23/h4-7,11-12,14-18H,10,13H2,1-3H3,(H2,31,37)(H,32,34)(H,36,41)/t18-/m0/s1. The van der Waals surface area contributed by atoms with E-state index in [2.05, 4.69) is 42.3 Å². The van der Waals surface area contributed by atoms with E-state index in [0.29, 0.717) is 35.3 Å². The lowest BCUT2D eigenvalue weighted by Gasteiger charge is -2.21. The molecule has 42 heavy (non-hydrogen) atoms. The number of H-pyrrole nitrogens is 1. The van der Waals surface area contributed by atoms with Gasteiger partial charge in [-0.25, -0.2) is 14.5 Å². The Morgan fingerprint density at radius 2 is 2.02 bits per heavy atom. The third kappa shape index (κ3) is 4.77. The number of carbonyl (C=O) groups is 1. The Labute approximate surface area is 240 Å². The van der Waals surface area contributed by atoms with E-state index in [1.54, 1.807) is 46.4 Å². The minimum Gasteiger partial charge on any atom is -0.381 e. The third-order valence-electron chi connectivity index (χ3n) is 7.32. The van der Waals surface area contributed by atoms with E-state index < -0.39 is 11.9 Å². The highest BCUT2D eigenvalue weighted by atomic mass is 16.2. The van der Waals surface area contributed by atoms with Crippen LogP contribution in [0.5, 0.6) is 0 Å². The Bertz CT molecular complexity index is 2070. The second-order valence-corrected chi connectivity index (χ2v) is 9.97. The number of aromatic amines is 1. The largest absolute Gasteiger partial charge is 0.381 e. The van der Waals surface area contributed by atoms with Crippen molar-refractivity contribution in [2.75, 3.05) is 5.73 Å². The van der Waals surface area contributed by atoms with E-state index in [9.17, 15) is 9.59 Å². The van der Waals surface area contributed by atoms with Crippen molar-refractivity contribution in [3.63, 3.8) is 0 Å². The first-order valence-electron chi connectivity index (χ1n) is 13.4. The molecule has 1 amide bonds. The second-order valence-electron chi connectivity index (χ2n) is 9.97. The molecular weight excluding hydrogens is 532 g/mol. The van der Waals surface area contributed by atoms with Gasteiger partial charge >= 0.3 is 0 Å². The number of imidazole rings is 1. The van der Waals surface area contributed by atoms with Gasteiger partial charge in [-0.1, -0.05) is 24.0 Å². The lowest BCUT2D eigenvalue weighted by molar-refractivity contribution is 0.0940. The number of nitrogens with two attached hydrogens (primary N) is 1. The molecule has 6 rings (SSSR count). The van der Waals surface area contributed by atoms with Crippen molar-refractivity contribution in [2.24, 2.45) is 7.05 Å². The zero-order valence-corrected chi connectivity index (χ0v) is 23.3. The van der Waals surface area contributed by atoms with Gasteiger partial charge in [0.15, 0.2) is 11.5 Å². The summed E-state index contributed by atoms with van der Waals surface area (Å²) in [6.07, 6.45) is 8.87. The van der Waals surface area contributed by atoms with E-state index in [0.717, 1.165) is 22.3 Å². The Kier molecular flexibility index (Phi) is 6.76. The lowest BCUT2D eigenvalue weighted by atomic mass is 10.0. The first kappa shape index (κ1) is 26.5. The normalized spacial score (nSPS) is 11.9. The minimum absolute atomic E-state index is 0.0694. The average molecular weight is 561 g/mol. The topological polar surface area (TPSA) is 154 Å². The van der Waals surface area contributed by atoms with E-state index in [1.165, 1.54) is 4.52 Å². The molecule has 0 aliphatic heterocycles. The molecule has 12 nitrogen and oxygen atoms in total. The van der Waals surface area contributed by atoms with Gasteiger partial charge in [0.25, 0.3) is 11.5 Å². The van der Waals surface area contributed by atoms with Crippen LogP contribution in [0, 0.1) is 18.8 Å². The number of fused-ring (bicyclic) bond motifs is 2. The Morgan fingerprint density at radius 3 is 2.79 bits per heavy atom. The summed E-state index contributed by atoms with van der Waals surface area (Å²) >= 11 is 0. The predicted molar refractivity (Wildman–Crippen MR) is 158 cm³/mol. The SMILES string of the molecule is Cc1c(C#Cc2cccc3cc([C@H](C)NC(=O)c4c(N)nn5cccnc45)n(CCc4c[nH]cn4)c(=O)c23)cnn1C. The smallest absolute Gasteiger partial charge is 0.259 e. The molecule has 5 heterocycles. The highest BCUT2D eigenvalue weighted by Crippen LogP contribution is 2.23. The maximum atomic E-state index is 14.2. The first-order valence-corrected chi connectivity index (χ1v) is 13.4. The molecule has 0 saturated carbocycles. The van der Waals surface area contributed by atoms with Crippen molar-refractivity contribution in [2.45, 2.75) is 32.9 Å². The number of aryl methyl sites for hydroxylation is 2. The third-order valence-corrected chi connectivity index (χ3v) is 7.32. The number of carbonyl (C=O) groups excluding carboxylic acids is 1. The van der Waals surface area contributed by atoms with Crippen molar-refractivity contribution >= 4 is 28.1 Å². The maximum absolute atomic E-state index is 14.2. The van der Waals surface area contributed by atoms with Gasteiger partial charge in [0, 0.05) is 49.9 Å². The van der Waals surface area contributed by atoms with Crippen molar-refractivity contribution in [3.8, 4) is 11.8 Å². The van der Waals surface area contributed by atoms with Gasteiger partial charge in [-0.2, -0.15) is 5.10 Å². The van der Waals surface area contributed by atoms with Gasteiger partial charge in [-0.05, 0) is 37.4 Å². The van der Waals surface area contributed by atoms with Crippen LogP contribution in [-0.4, -0.2) is 44.8 Å². The number of nitrogens with one attached hydrogen (secondary N) is 2. The predicted octanol–water partition coefficient (Wildman–Crippen LogP) is 2.52. The highest BCUT2D eigenvalue weighted by molar-refractivity contribution is 6.04. The second kappa shape index (κ2) is 10.7. The minimum atomic E-state index is -0.556. The van der Waals surface area contributed by atoms with Crippen LogP contribution in [0.25, 0.3) is 16.4 Å². The maximum Gasteiger partial charge on any atom is 0.259 e. The van der Waals surface area contributed by atoms with Gasteiger partial charge in [-0.15, -0.1) is 5.10 Å². The van der Waals surface area contributed by atoms with E-state index >= 15 is 0 Å². The fraction of sp³-hybridized carbons (Fsp3) is 0.200. The molecule has 6 aromatic rings. The monoisotopic (exact) mass is 560 g/mol. The molecule has 1 aromatic carbocycles. The molecule has 0 aliphatic rings. The van der Waals surface area contributed by atoms with Crippen molar-refractivity contribution in [1.29, 1.82) is 0 Å². The van der Waals surface area contributed by atoms with Crippen LogP contribution in [0.2, 0.25) is 0 Å². The number of rotatable bonds is 6. The van der Waals surface area contributed by atoms with Gasteiger partial charge < -0.3 is 20.6 Å². The van der Waals surface area contributed by atoms with E-state index in [1.807, 2.05) is 45.2 Å². The van der Waals surface area contributed by atoms with Gasteiger partial charge in [0.05, 0.1) is 40.9 Å². The summed E-state index contributed by atoms with van der Waals surface area (Å²) in [5.41, 5.74) is 10.2. The van der Waals surface area contributed by atoms with Crippen LogP contribution >= 0.6 is 0 Å². The summed E-state index contributed by atoms with van der Waals surface area (Å²) in [5.74, 6) is 5.98. The summed E-state index contributed by atoms with van der Waals surface area (Å²) in [7, 11) is 1.86. The number of anilines is 1. The molecule has 0 fully saturated rings. The molecule has 0 unspecified atom stereocenters. The summed E-state index contributed by atoms with van der Waals surface area (Å²) in [6.45, 7) is 4.12. The molecule has 0 bridgehead atoms. The first-order chi connectivity index (χ1) is 20.3. The van der Waals surface area contributed by atoms with Crippen molar-refractivity contribution in [1.82, 2.24) is 44.2 Å². The lowest BCUT2D eigenvalue weighted by Crippen LogP contribution is -2.33. The van der Waals surface area contributed by atoms with Gasteiger partial charge in [0.1, 0.15) is 5.56 Å². The quantitative estimate of drug-likeness (QED) is 0.265. The number of nitrogens with zero attached hydrogens (tertiary/aromatic N) is 7. The number of aromatic nitrogens is 8. The molecule has 210 valence electrons. The number of pyridine rings is 1. The van der Waals surface area contributed by atoms with Gasteiger partial charge in [0.2, 0.25) is 0 Å². The number of hydrogen-bond acceptors (Lipinski definition) is 7. The van der Waals surface area contributed by atoms with E-state index in [-0.39, 0.29) is 16.9 Å². The molecule has 0 saturated heterocycles. The van der Waals surface area contributed by atoms with E-state index in [4.69, 9.17) is 5.73 Å². The fourth-order valence-electron chi connectivity index (χ4n) is 4.99. The summed E-state index contributed by atoms with van der Waals surface area (Å²) in [6, 6.07) is 8.65. The molecule has 1 atom stereocenters. The summed E-state index contributed by atoms with van der Waals surface area (Å²) in [5, 5.41) is 12.7. The van der Waals surface area contributed by atoms with Crippen molar-refractivity contribution in [3.05, 3.63) is 106 Å². The summed E-state index contributed by atoms with van der Waals surface area (Å²) < 4.78 is 4.90. The number of amides is 1. The number of hydrogen-bond donors (Lipinski definition) is 3. The molecule has 5 aromatic heterocycles. The molecule has 0 radical (unpaired) electrons. The van der Waals surface area contributed by atoms with Gasteiger partial charge in [-0.3, -0.25) is 14.3 Å². The Balaban J connectivity index is 1.42. The molecular formula is C30H28N10O2. The molecule has 12 heteroatoms. The molecule has 4 N–H and O–H groups in total. The Hall–Kier alpha value is -5.70. The van der Waals surface area contributed by atoms with Crippen LogP contribution in [0.15, 0.2) is 66.2 Å². The van der Waals surface area contributed by atoms with Crippen LogP contribution in [-0.2, 0) is 20.0 Å². The Morgan fingerprint density at radius 1 is 1.19 bits per heavy atom. The number of nitrogen functional groups attached to an aromatic ring is 1. The molecule has 0 aliphatic carbocycles. The number of benzene rings is 1. The van der Waals surface area contributed by atoms with Crippen LogP contribution < -0.4 is 16.6 Å². The zero-order valence-electron chi connectivity index (χ0n) is 23.3. The van der Waals surface area contributed by atoms with Crippen molar-refractivity contribution < 1.29 is 4.79 Å². The molecule has 0 spiro atoms. The van der Waals surface area contributed by atoms with Crippen LogP contribution in [0.3, 0.4) is 0 Å². The van der Waals surface area contributed by atoms with Crippen LogP contribution in [0.4, 0.5) is 5.82 Å². The fourth-order valence-corrected chi connectivity index (χ4v) is 4.99. The highest BCUT2D eigenvalue weighted by Gasteiger charge is 2.23.